The predicted molar refractivity (Wildman–Crippen MR) is 136 cm³/mol. The first-order valence-corrected chi connectivity index (χ1v) is 12.8. The van der Waals surface area contributed by atoms with Crippen LogP contribution in [0, 0.1) is 11.7 Å². The number of hydrogen-bond donors (Lipinski definition) is 2. The van der Waals surface area contributed by atoms with Gasteiger partial charge in [-0.15, -0.1) is 0 Å². The third-order valence-corrected chi connectivity index (χ3v) is 7.73. The Bertz CT molecular complexity index is 1700. The van der Waals surface area contributed by atoms with E-state index in [1.54, 1.807) is 24.3 Å². The van der Waals surface area contributed by atoms with Crippen molar-refractivity contribution < 1.29 is 18.3 Å². The quantitative estimate of drug-likeness (QED) is 0.367. The molecule has 0 unspecified atom stereocenters. The molecule has 2 N–H and O–H groups in total. The maximum absolute atomic E-state index is 13.6. The highest BCUT2D eigenvalue weighted by molar-refractivity contribution is 7.92. The number of anilines is 1. The topological polar surface area (TPSA) is 110 Å². The highest BCUT2D eigenvalue weighted by atomic mass is 32.2. The smallest absolute Gasteiger partial charge is 0.335 e. The van der Waals surface area contributed by atoms with E-state index in [1.165, 1.54) is 47.0 Å². The monoisotopic (exact) mass is 507 g/mol. The molecule has 0 atom stereocenters. The molecule has 1 aromatic heterocycles. The number of sulfonamides is 1. The Morgan fingerprint density at radius 2 is 1.69 bits per heavy atom. The minimum atomic E-state index is -3.85. The van der Waals surface area contributed by atoms with Gasteiger partial charge in [0, 0.05) is 11.7 Å². The lowest BCUT2D eigenvalue weighted by atomic mass is 10.2. The number of rotatable bonds is 6. The van der Waals surface area contributed by atoms with Crippen molar-refractivity contribution in [3.63, 3.8) is 0 Å². The van der Waals surface area contributed by atoms with Gasteiger partial charge >= 0.3 is 5.97 Å². The first-order chi connectivity index (χ1) is 16.7. The Balaban J connectivity index is 1.66. The Labute approximate surface area is 206 Å². The van der Waals surface area contributed by atoms with E-state index in [0.717, 1.165) is 18.4 Å². The Hall–Kier alpha value is -3.76. The average molecular weight is 508 g/mol. The average Bonchev–Trinajstić information content (AvgIpc) is 3.65. The molecule has 0 amide bonds. The van der Waals surface area contributed by atoms with Gasteiger partial charge in [-0.05, 0) is 86.6 Å². The molecule has 0 saturated heterocycles. The second-order valence-electron chi connectivity index (χ2n) is 8.53. The number of aryl methyl sites for hydroxylation is 1. The van der Waals surface area contributed by atoms with Gasteiger partial charge in [0.2, 0.25) is 0 Å². The van der Waals surface area contributed by atoms with E-state index in [-0.39, 0.29) is 22.2 Å². The Kier molecular flexibility index (Phi) is 5.57. The largest absolute Gasteiger partial charge is 0.478 e. The summed E-state index contributed by atoms with van der Waals surface area (Å²) >= 11 is 5.68. The van der Waals surface area contributed by atoms with Crippen molar-refractivity contribution in [2.75, 3.05) is 4.72 Å². The molecule has 1 heterocycles. The van der Waals surface area contributed by atoms with Gasteiger partial charge in [-0.3, -0.25) is 14.1 Å². The first-order valence-electron chi connectivity index (χ1n) is 10.9. The maximum Gasteiger partial charge on any atom is 0.335 e. The number of hydrogen-bond acceptors (Lipinski definition) is 5. The van der Waals surface area contributed by atoms with E-state index >= 15 is 0 Å². The second-order valence-corrected chi connectivity index (χ2v) is 10.6. The van der Waals surface area contributed by atoms with Crippen LogP contribution in [0.15, 0.2) is 76.4 Å². The number of fused-ring (bicyclic) bond motifs is 1. The van der Waals surface area contributed by atoms with Crippen molar-refractivity contribution in [2.24, 2.45) is 0 Å². The van der Waals surface area contributed by atoms with Crippen LogP contribution in [-0.2, 0) is 10.0 Å². The predicted octanol–water partition coefficient (Wildman–Crippen LogP) is 4.66. The van der Waals surface area contributed by atoms with Gasteiger partial charge < -0.3 is 9.67 Å². The highest BCUT2D eigenvalue weighted by Crippen LogP contribution is 2.37. The zero-order chi connectivity index (χ0) is 24.9. The van der Waals surface area contributed by atoms with E-state index in [9.17, 15) is 23.1 Å². The standard InChI is InChI=1S/C25H21N3O5S2/c1-15-2-11-20(12-3-15)35(32,33)26-17-6-13-22-21(14-17)23(29)28(25(34)27(22)18-9-10-18)19-7-4-16(5-8-19)24(30)31/h2-8,11-14,18,26H,9-10H2,1H3,(H,30,31). The zero-order valence-electron chi connectivity index (χ0n) is 18.6. The molecule has 178 valence electrons. The lowest BCUT2D eigenvalue weighted by Crippen LogP contribution is -2.24. The summed E-state index contributed by atoms with van der Waals surface area (Å²) in [6, 6.07) is 17.4. The molecule has 0 aliphatic heterocycles. The molecule has 1 aliphatic rings. The van der Waals surface area contributed by atoms with Crippen molar-refractivity contribution in [3.05, 3.63) is 93.0 Å². The fourth-order valence-electron chi connectivity index (χ4n) is 4.00. The maximum atomic E-state index is 13.6. The molecule has 10 heteroatoms. The van der Waals surface area contributed by atoms with Gasteiger partial charge in [0.05, 0.1) is 27.0 Å². The molecule has 1 saturated carbocycles. The van der Waals surface area contributed by atoms with Crippen LogP contribution in [0.1, 0.15) is 34.8 Å². The first kappa shape index (κ1) is 23.0. The normalized spacial score (nSPS) is 13.6. The van der Waals surface area contributed by atoms with Crippen LogP contribution in [-0.4, -0.2) is 28.6 Å². The number of carbonyl (C=O) groups is 1. The van der Waals surface area contributed by atoms with Gasteiger partial charge in [0.1, 0.15) is 0 Å². The van der Waals surface area contributed by atoms with Crippen molar-refractivity contribution in [1.29, 1.82) is 0 Å². The molecule has 0 bridgehead atoms. The number of benzene rings is 3. The van der Waals surface area contributed by atoms with Crippen LogP contribution in [0.5, 0.6) is 0 Å². The number of aromatic nitrogens is 2. The molecule has 5 rings (SSSR count). The molecule has 0 radical (unpaired) electrons. The van der Waals surface area contributed by atoms with Gasteiger partial charge in [0.25, 0.3) is 15.6 Å². The Morgan fingerprint density at radius 3 is 2.29 bits per heavy atom. The molecule has 0 spiro atoms. The van der Waals surface area contributed by atoms with E-state index in [0.29, 0.717) is 21.4 Å². The summed E-state index contributed by atoms with van der Waals surface area (Å²) in [5.41, 5.74) is 1.93. The molecule has 1 fully saturated rings. The third kappa shape index (κ3) is 4.26. The number of carboxylic acid groups (broad SMARTS) is 1. The molecular weight excluding hydrogens is 486 g/mol. The van der Waals surface area contributed by atoms with E-state index < -0.39 is 21.6 Å². The van der Waals surface area contributed by atoms with E-state index in [4.69, 9.17) is 12.2 Å². The van der Waals surface area contributed by atoms with Crippen molar-refractivity contribution in [3.8, 4) is 5.69 Å². The van der Waals surface area contributed by atoms with Crippen LogP contribution in [0.2, 0.25) is 0 Å². The molecule has 35 heavy (non-hydrogen) atoms. The number of nitrogens with one attached hydrogen (secondary N) is 1. The van der Waals surface area contributed by atoms with Crippen molar-refractivity contribution in [2.45, 2.75) is 30.7 Å². The molecule has 1 aliphatic carbocycles. The fourth-order valence-corrected chi connectivity index (χ4v) is 5.48. The van der Waals surface area contributed by atoms with Crippen molar-refractivity contribution >= 4 is 44.8 Å². The highest BCUT2D eigenvalue weighted by Gasteiger charge is 2.27. The minimum absolute atomic E-state index is 0.0939. The summed E-state index contributed by atoms with van der Waals surface area (Å²) in [5.74, 6) is -1.07. The van der Waals surface area contributed by atoms with Crippen LogP contribution < -0.4 is 10.3 Å². The SMILES string of the molecule is Cc1ccc(S(=O)(=O)Nc2ccc3c(c2)c(=O)n(-c2ccc(C(=O)O)cc2)c(=S)n3C2CC2)cc1. The van der Waals surface area contributed by atoms with Crippen LogP contribution in [0.4, 0.5) is 5.69 Å². The van der Waals surface area contributed by atoms with Gasteiger partial charge in [-0.1, -0.05) is 17.7 Å². The van der Waals surface area contributed by atoms with Gasteiger partial charge in [-0.2, -0.15) is 0 Å². The summed E-state index contributed by atoms with van der Waals surface area (Å²) in [6.07, 6.45) is 1.84. The number of aromatic carboxylic acids is 1. The minimum Gasteiger partial charge on any atom is -0.478 e. The zero-order valence-corrected chi connectivity index (χ0v) is 20.3. The van der Waals surface area contributed by atoms with Crippen LogP contribution >= 0.6 is 12.2 Å². The van der Waals surface area contributed by atoms with Crippen molar-refractivity contribution in [1.82, 2.24) is 9.13 Å². The Morgan fingerprint density at radius 1 is 1.03 bits per heavy atom. The summed E-state index contributed by atoms with van der Waals surface area (Å²) in [6.45, 7) is 1.87. The van der Waals surface area contributed by atoms with Crippen LogP contribution in [0.3, 0.4) is 0 Å². The van der Waals surface area contributed by atoms with Gasteiger partial charge in [0.15, 0.2) is 4.77 Å². The summed E-state index contributed by atoms with van der Waals surface area (Å²) in [7, 11) is -3.85. The van der Waals surface area contributed by atoms with Crippen LogP contribution in [0.25, 0.3) is 16.6 Å². The fraction of sp³-hybridized carbons (Fsp3) is 0.160. The van der Waals surface area contributed by atoms with E-state index in [1.807, 2.05) is 11.5 Å². The summed E-state index contributed by atoms with van der Waals surface area (Å²) < 4.78 is 31.9. The molecule has 8 nitrogen and oxygen atoms in total. The number of nitrogens with zero attached hydrogens (tertiary/aromatic N) is 2. The van der Waals surface area contributed by atoms with E-state index in [2.05, 4.69) is 4.72 Å². The lowest BCUT2D eigenvalue weighted by molar-refractivity contribution is 0.0697. The molecular formula is C25H21N3O5S2. The summed E-state index contributed by atoms with van der Waals surface area (Å²) in [5, 5.41) is 9.49. The summed E-state index contributed by atoms with van der Waals surface area (Å²) in [4.78, 5) is 24.9. The molecule has 4 aromatic rings. The lowest BCUT2D eigenvalue weighted by Gasteiger charge is -2.17. The molecule has 3 aromatic carbocycles. The third-order valence-electron chi connectivity index (χ3n) is 5.95. The number of carboxylic acids is 1. The van der Waals surface area contributed by atoms with Gasteiger partial charge in [-0.25, -0.2) is 13.2 Å². The second kappa shape index (κ2) is 8.47.